The van der Waals surface area contributed by atoms with Crippen LogP contribution in [-0.4, -0.2) is 23.5 Å². The summed E-state index contributed by atoms with van der Waals surface area (Å²) in [6.45, 7) is 3.11. The second-order valence-corrected chi connectivity index (χ2v) is 6.40. The quantitative estimate of drug-likeness (QED) is 0.878. The molecule has 0 aromatic heterocycles. The number of carboxylic acid groups (broad SMARTS) is 1. The molecular weight excluding hydrogens is 297 g/mol. The molecule has 1 aromatic carbocycles. The summed E-state index contributed by atoms with van der Waals surface area (Å²) in [4.78, 5) is 23.0. The molecule has 0 spiro atoms. The highest BCUT2D eigenvalue weighted by atomic mass is 35.5. The molecule has 0 aliphatic heterocycles. The van der Waals surface area contributed by atoms with Crippen molar-refractivity contribution < 1.29 is 19.1 Å². The second kappa shape index (κ2) is 5.64. The fourth-order valence-corrected chi connectivity index (χ4v) is 2.49. The first-order valence-corrected chi connectivity index (χ1v) is 7.07. The molecule has 1 amide bonds. The molecule has 1 fully saturated rings. The smallest absolute Gasteiger partial charge is 0.310 e. The summed E-state index contributed by atoms with van der Waals surface area (Å²) in [6.07, 6.45) is 0.528. The van der Waals surface area contributed by atoms with Crippen LogP contribution in [0.3, 0.4) is 0 Å². The summed E-state index contributed by atoms with van der Waals surface area (Å²) < 4.78 is 13.8. The highest BCUT2D eigenvalue weighted by molar-refractivity contribution is 6.31. The Kier molecular flexibility index (Phi) is 4.23. The molecular formula is C15H17ClFNO3. The summed E-state index contributed by atoms with van der Waals surface area (Å²) in [5.74, 6) is -2.22. The normalized spacial score (nSPS) is 21.0. The first kappa shape index (κ1) is 15.8. The first-order chi connectivity index (χ1) is 9.74. The molecule has 0 unspecified atom stereocenters. The van der Waals surface area contributed by atoms with E-state index < -0.39 is 17.2 Å². The molecule has 0 bridgehead atoms. The molecule has 2 rings (SSSR count). The summed E-state index contributed by atoms with van der Waals surface area (Å²) in [5, 5.41) is 11.9. The third-order valence-electron chi connectivity index (χ3n) is 3.78. The van der Waals surface area contributed by atoms with Crippen LogP contribution in [0.15, 0.2) is 18.2 Å². The maximum absolute atomic E-state index is 13.8. The fraction of sp³-hybridized carbons (Fsp3) is 0.467. The van der Waals surface area contributed by atoms with Gasteiger partial charge in [-0.3, -0.25) is 9.59 Å². The molecule has 2 N–H and O–H groups in total. The van der Waals surface area contributed by atoms with E-state index in [-0.39, 0.29) is 24.3 Å². The number of aliphatic carboxylic acids is 1. The number of carboxylic acids is 1. The molecule has 0 saturated heterocycles. The standard InChI is InChI=1S/C15H17ClFNO3/c1-15(2,14(20)21)7-18-13(19)9-6-8(9)12-10(16)4-3-5-11(12)17/h3-5,8-9H,6-7H2,1-2H3,(H,18,19)(H,20,21)/t8-,9-/m0/s1. The Morgan fingerprint density at radius 2 is 2.14 bits per heavy atom. The van der Waals surface area contributed by atoms with Crippen LogP contribution >= 0.6 is 11.6 Å². The zero-order valence-corrected chi connectivity index (χ0v) is 12.6. The number of amides is 1. The topological polar surface area (TPSA) is 66.4 Å². The van der Waals surface area contributed by atoms with E-state index in [0.717, 1.165) is 0 Å². The fourth-order valence-electron chi connectivity index (χ4n) is 2.18. The zero-order valence-electron chi connectivity index (χ0n) is 11.8. The lowest BCUT2D eigenvalue weighted by Crippen LogP contribution is -2.39. The van der Waals surface area contributed by atoms with E-state index in [2.05, 4.69) is 5.32 Å². The predicted octanol–water partition coefficient (Wildman–Crippen LogP) is 2.81. The first-order valence-electron chi connectivity index (χ1n) is 6.69. The minimum atomic E-state index is -1.03. The number of carbonyl (C=O) groups excluding carboxylic acids is 1. The third kappa shape index (κ3) is 3.35. The van der Waals surface area contributed by atoms with E-state index in [4.69, 9.17) is 16.7 Å². The van der Waals surface area contributed by atoms with Crippen molar-refractivity contribution in [3.63, 3.8) is 0 Å². The lowest BCUT2D eigenvalue weighted by atomic mass is 9.94. The van der Waals surface area contributed by atoms with Crippen LogP contribution in [0.1, 0.15) is 31.7 Å². The number of hydrogen-bond donors (Lipinski definition) is 2. The van der Waals surface area contributed by atoms with Crippen molar-refractivity contribution >= 4 is 23.5 Å². The van der Waals surface area contributed by atoms with Gasteiger partial charge in [-0.05, 0) is 32.4 Å². The molecule has 1 aliphatic rings. The second-order valence-electron chi connectivity index (χ2n) is 5.99. The third-order valence-corrected chi connectivity index (χ3v) is 4.11. The average molecular weight is 314 g/mol. The van der Waals surface area contributed by atoms with Gasteiger partial charge in [0.1, 0.15) is 5.82 Å². The summed E-state index contributed by atoms with van der Waals surface area (Å²) >= 11 is 5.98. The molecule has 6 heteroatoms. The van der Waals surface area contributed by atoms with Gasteiger partial charge in [-0.1, -0.05) is 17.7 Å². The summed E-state index contributed by atoms with van der Waals surface area (Å²) in [5.41, 5.74) is -0.660. The maximum Gasteiger partial charge on any atom is 0.310 e. The number of carbonyl (C=O) groups is 2. The highest BCUT2D eigenvalue weighted by Gasteiger charge is 2.46. The van der Waals surface area contributed by atoms with Crippen molar-refractivity contribution in [1.82, 2.24) is 5.32 Å². The van der Waals surface area contributed by atoms with Gasteiger partial charge in [-0.25, -0.2) is 4.39 Å². The van der Waals surface area contributed by atoms with Gasteiger partial charge in [-0.15, -0.1) is 0 Å². The number of nitrogens with one attached hydrogen (secondary N) is 1. The van der Waals surface area contributed by atoms with Crippen molar-refractivity contribution in [2.24, 2.45) is 11.3 Å². The van der Waals surface area contributed by atoms with Gasteiger partial charge >= 0.3 is 5.97 Å². The monoisotopic (exact) mass is 313 g/mol. The van der Waals surface area contributed by atoms with E-state index in [1.165, 1.54) is 26.0 Å². The molecule has 114 valence electrons. The van der Waals surface area contributed by atoms with E-state index in [1.807, 2.05) is 0 Å². The van der Waals surface area contributed by atoms with Crippen molar-refractivity contribution in [3.8, 4) is 0 Å². The number of rotatable bonds is 5. The number of benzene rings is 1. The molecule has 1 aliphatic carbocycles. The summed E-state index contributed by atoms with van der Waals surface area (Å²) in [6, 6.07) is 4.44. The molecule has 1 saturated carbocycles. The molecule has 0 heterocycles. The van der Waals surface area contributed by atoms with Crippen LogP contribution in [-0.2, 0) is 9.59 Å². The van der Waals surface area contributed by atoms with Crippen LogP contribution in [0, 0.1) is 17.2 Å². The molecule has 0 radical (unpaired) electrons. The van der Waals surface area contributed by atoms with Crippen LogP contribution in [0.25, 0.3) is 0 Å². The SMILES string of the molecule is CC(C)(CNC(=O)[C@H]1C[C@@H]1c1c(F)cccc1Cl)C(=O)O. The molecule has 1 aromatic rings. The lowest BCUT2D eigenvalue weighted by Gasteiger charge is -2.19. The Morgan fingerprint density at radius 3 is 2.71 bits per heavy atom. The Bertz CT molecular complexity index is 568. The van der Waals surface area contributed by atoms with Gasteiger partial charge < -0.3 is 10.4 Å². The minimum Gasteiger partial charge on any atom is -0.481 e. The van der Waals surface area contributed by atoms with Crippen LogP contribution in [0.2, 0.25) is 5.02 Å². The molecule has 21 heavy (non-hydrogen) atoms. The number of hydrogen-bond acceptors (Lipinski definition) is 2. The average Bonchev–Trinajstić information content (AvgIpc) is 3.16. The zero-order chi connectivity index (χ0) is 15.8. The predicted molar refractivity (Wildman–Crippen MR) is 76.7 cm³/mol. The van der Waals surface area contributed by atoms with E-state index in [9.17, 15) is 14.0 Å². The van der Waals surface area contributed by atoms with Crippen molar-refractivity contribution in [1.29, 1.82) is 0 Å². The van der Waals surface area contributed by atoms with E-state index >= 15 is 0 Å². The van der Waals surface area contributed by atoms with Gasteiger partial charge in [-0.2, -0.15) is 0 Å². The van der Waals surface area contributed by atoms with Gasteiger partial charge in [0.2, 0.25) is 5.91 Å². The van der Waals surface area contributed by atoms with Gasteiger partial charge in [0.15, 0.2) is 0 Å². The van der Waals surface area contributed by atoms with E-state index in [1.54, 1.807) is 6.07 Å². The van der Waals surface area contributed by atoms with Gasteiger partial charge in [0, 0.05) is 29.0 Å². The Balaban J connectivity index is 1.97. The van der Waals surface area contributed by atoms with Crippen LogP contribution in [0.5, 0.6) is 0 Å². The Hall–Kier alpha value is -1.62. The van der Waals surface area contributed by atoms with Crippen LogP contribution in [0.4, 0.5) is 4.39 Å². The van der Waals surface area contributed by atoms with E-state index in [0.29, 0.717) is 17.0 Å². The molecule has 2 atom stereocenters. The summed E-state index contributed by atoms with van der Waals surface area (Å²) in [7, 11) is 0. The van der Waals surface area contributed by atoms with Crippen molar-refractivity contribution in [3.05, 3.63) is 34.6 Å². The van der Waals surface area contributed by atoms with Gasteiger partial charge in [0.25, 0.3) is 0 Å². The lowest BCUT2D eigenvalue weighted by molar-refractivity contribution is -0.146. The molecule has 4 nitrogen and oxygen atoms in total. The largest absolute Gasteiger partial charge is 0.481 e. The van der Waals surface area contributed by atoms with Gasteiger partial charge in [0.05, 0.1) is 5.41 Å². The van der Waals surface area contributed by atoms with Crippen molar-refractivity contribution in [2.75, 3.05) is 6.54 Å². The Morgan fingerprint density at radius 1 is 1.48 bits per heavy atom. The van der Waals surface area contributed by atoms with Crippen LogP contribution < -0.4 is 5.32 Å². The Labute approximate surface area is 127 Å². The maximum atomic E-state index is 13.8. The minimum absolute atomic E-state index is 0.0371. The van der Waals surface area contributed by atoms with Crippen molar-refractivity contribution in [2.45, 2.75) is 26.2 Å². The highest BCUT2D eigenvalue weighted by Crippen LogP contribution is 2.50. The number of halogens is 2.